The Hall–Kier alpha value is -7.42. The molecule has 3 saturated heterocycles. The molecule has 1 unspecified atom stereocenters. The Kier molecular flexibility index (Phi) is 21.0. The number of rotatable bonds is 10. The molecule has 0 bridgehead atoms. The number of halogens is 8. The van der Waals surface area contributed by atoms with Gasteiger partial charge in [-0.25, -0.2) is 0 Å². The lowest BCUT2D eigenvalue weighted by molar-refractivity contribution is -0.138. The predicted octanol–water partition coefficient (Wildman–Crippen LogP) is 13.6. The van der Waals surface area contributed by atoms with Crippen molar-refractivity contribution < 1.29 is 73.9 Å². The lowest BCUT2D eigenvalue weighted by atomic mass is 9.93. The van der Waals surface area contributed by atoms with Crippen LogP contribution in [0.5, 0.6) is 17.2 Å². The van der Waals surface area contributed by atoms with Crippen LogP contribution in [0.2, 0.25) is 10.0 Å². The first-order valence-corrected chi connectivity index (χ1v) is 29.5. The number of alkyl halides is 6. The average Bonchev–Trinajstić information content (AvgIpc) is 2.11. The molecule has 0 radical (unpaired) electrons. The molecule has 6 aromatic rings. The van der Waals surface area contributed by atoms with Crippen LogP contribution in [0.25, 0.3) is 6.08 Å². The summed E-state index contributed by atoms with van der Waals surface area (Å²) >= 11 is 11.4. The summed E-state index contributed by atoms with van der Waals surface area (Å²) in [5.41, 5.74) is 10.5. The molecule has 3 aliphatic carbocycles. The van der Waals surface area contributed by atoms with Crippen LogP contribution in [0.3, 0.4) is 0 Å². The molecule has 3 fully saturated rings. The van der Waals surface area contributed by atoms with E-state index in [9.17, 15) is 45.5 Å². The van der Waals surface area contributed by atoms with Crippen LogP contribution >= 0.6 is 23.2 Å². The highest BCUT2D eigenvalue weighted by Crippen LogP contribution is 2.42. The Balaban J connectivity index is 0.000000146. The highest BCUT2D eigenvalue weighted by Gasteiger charge is 2.36. The van der Waals surface area contributed by atoms with Gasteiger partial charge in [-0.1, -0.05) is 53.5 Å². The third-order valence-corrected chi connectivity index (χ3v) is 17.0. The zero-order valence-electron chi connectivity index (χ0n) is 49.4. The molecular weight excluding hydrogens is 1190 g/mol. The van der Waals surface area contributed by atoms with Gasteiger partial charge in [-0.3, -0.25) is 19.2 Å². The highest BCUT2D eigenvalue weighted by atomic mass is 35.5. The van der Waals surface area contributed by atoms with Crippen molar-refractivity contribution in [2.75, 3.05) is 115 Å². The SMILES string of the molecule is COc1cc2c(cc1N1CCOCC1)C/C(=C\c1ccc(Cl)c(C)c1)C2=O.COc1cc2c(cc1N1CCOCC1)CC(Cc1ccc(C(F)(F)F)c(C)c1)C2=O.COc1cc2c(cc1N1CCOCC1)CCC2=O.O=Cc1ccc(Cl)c(C(F)(F)F)c1. The number of hydrogen-bond donors (Lipinski definition) is 0. The summed E-state index contributed by atoms with van der Waals surface area (Å²) in [6, 6.07) is 24.8. The molecule has 3 aliphatic heterocycles. The van der Waals surface area contributed by atoms with Crippen molar-refractivity contribution in [1.29, 1.82) is 0 Å². The van der Waals surface area contributed by atoms with Gasteiger partial charge in [-0.05, 0) is 139 Å². The number of allylic oxidation sites excluding steroid dienone is 1. The van der Waals surface area contributed by atoms with Gasteiger partial charge in [0.1, 0.15) is 23.5 Å². The number of carbonyl (C=O) groups excluding carboxylic acids is 4. The average molecular weight is 1260 g/mol. The van der Waals surface area contributed by atoms with Crippen molar-refractivity contribution >= 4 is 70.0 Å². The molecule has 0 aromatic heterocycles. The second-order valence-electron chi connectivity index (χ2n) is 21.9. The fourth-order valence-corrected chi connectivity index (χ4v) is 12.0. The van der Waals surface area contributed by atoms with Crippen molar-refractivity contribution in [3.05, 3.63) is 179 Å². The number of ketones is 3. The van der Waals surface area contributed by atoms with Crippen LogP contribution < -0.4 is 28.9 Å². The number of hydrogen-bond acceptors (Lipinski definition) is 13. The first-order valence-electron chi connectivity index (χ1n) is 28.8. The predicted molar refractivity (Wildman–Crippen MR) is 326 cm³/mol. The summed E-state index contributed by atoms with van der Waals surface area (Å²) in [4.78, 5) is 54.6. The second kappa shape index (κ2) is 28.4. The van der Waals surface area contributed by atoms with Crippen LogP contribution in [-0.2, 0) is 52.2 Å². The monoisotopic (exact) mass is 1260 g/mol. The number of benzene rings is 6. The van der Waals surface area contributed by atoms with E-state index in [1.165, 1.54) is 19.1 Å². The molecule has 466 valence electrons. The fraction of sp³-hybridized carbons (Fsp3) is 0.373. The number of fused-ring (bicyclic) bond motifs is 3. The maximum atomic E-state index is 13.0. The van der Waals surface area contributed by atoms with Gasteiger partial charge >= 0.3 is 12.4 Å². The standard InChI is InChI=1S/C23H24F3NO3.C22H22ClNO3.C14H17NO3.C8H4ClF3O/c1-14-9-15(3-4-19(14)23(24,25)26)10-17-11-16-12-20(27-5-7-30-8-6-27)21(29-2)13-18(16)22(17)28;1-14-9-15(3-4-19(14)23)10-17-11-16-12-20(24-5-7-27-8-6-24)21(26-2)13-18(16)22(17)25;1-17-14-9-11-10(2-3-13(11)16)8-12(14)15-4-6-18-7-5-15;9-7-2-1-5(4-13)3-6(7)8(10,11)12/h3-4,9,12-13,17H,5-8,10-11H2,1-2H3;3-4,9-10,12-13H,5-8,11H2,1-2H3;8-9H,2-7H2,1H3;1-4H/b;17-10+;;. The van der Waals surface area contributed by atoms with E-state index in [-0.39, 0.29) is 34.4 Å². The minimum absolute atomic E-state index is 0.0226. The van der Waals surface area contributed by atoms with Crippen LogP contribution in [0.15, 0.2) is 96.6 Å². The number of anilines is 3. The number of aryl methyl sites for hydroxylation is 3. The molecule has 1 atom stereocenters. The molecule has 0 amide bonds. The Bertz CT molecular complexity index is 3610. The Morgan fingerprint density at radius 3 is 1.56 bits per heavy atom. The number of Topliss-reactive ketones (excluding diaryl/α,β-unsaturated/α-hetero) is 3. The molecule has 12 rings (SSSR count). The first kappa shape index (κ1) is 65.0. The second-order valence-corrected chi connectivity index (χ2v) is 22.7. The van der Waals surface area contributed by atoms with Crippen LogP contribution in [-0.4, -0.2) is 124 Å². The summed E-state index contributed by atoms with van der Waals surface area (Å²) in [6.45, 7) is 12.6. The van der Waals surface area contributed by atoms with Gasteiger partial charge in [0, 0.05) is 90.9 Å². The minimum Gasteiger partial charge on any atom is -0.495 e. The molecule has 0 saturated carbocycles. The van der Waals surface area contributed by atoms with Gasteiger partial charge in [0.05, 0.1) is 94.2 Å². The topological polar surface area (TPSA) is 133 Å². The number of aldehydes is 1. The zero-order valence-corrected chi connectivity index (χ0v) is 50.9. The number of nitrogens with zero attached hydrogens (tertiary/aromatic N) is 3. The normalized spacial score (nSPS) is 17.6. The number of morpholine rings is 3. The molecule has 6 aromatic carbocycles. The van der Waals surface area contributed by atoms with E-state index < -0.39 is 28.5 Å². The van der Waals surface area contributed by atoms with Crippen LogP contribution in [0.1, 0.15) is 97.9 Å². The maximum Gasteiger partial charge on any atom is 0.417 e. The summed E-state index contributed by atoms with van der Waals surface area (Å²) in [7, 11) is 4.90. The smallest absolute Gasteiger partial charge is 0.417 e. The van der Waals surface area contributed by atoms with Gasteiger partial charge in [0.15, 0.2) is 17.3 Å². The van der Waals surface area contributed by atoms with E-state index in [0.29, 0.717) is 69.7 Å². The van der Waals surface area contributed by atoms with Gasteiger partial charge in [0.25, 0.3) is 0 Å². The molecular formula is C67H67Cl2F6N3O10. The van der Waals surface area contributed by atoms with Crippen LogP contribution in [0.4, 0.5) is 43.4 Å². The lowest BCUT2D eigenvalue weighted by Gasteiger charge is -2.30. The number of ether oxygens (including phenoxy) is 6. The van der Waals surface area contributed by atoms with Crippen molar-refractivity contribution in [2.24, 2.45) is 5.92 Å². The van der Waals surface area contributed by atoms with Crippen molar-refractivity contribution in [1.82, 2.24) is 0 Å². The third kappa shape index (κ3) is 15.2. The maximum absolute atomic E-state index is 13.0. The van der Waals surface area contributed by atoms with E-state index in [1.54, 1.807) is 33.5 Å². The zero-order chi connectivity index (χ0) is 63.0. The third-order valence-electron chi connectivity index (χ3n) is 16.2. The largest absolute Gasteiger partial charge is 0.495 e. The molecule has 3 heterocycles. The van der Waals surface area contributed by atoms with E-state index >= 15 is 0 Å². The molecule has 88 heavy (non-hydrogen) atoms. The summed E-state index contributed by atoms with van der Waals surface area (Å²) in [6.07, 6.45) is -3.46. The van der Waals surface area contributed by atoms with E-state index in [0.717, 1.165) is 161 Å². The van der Waals surface area contributed by atoms with E-state index in [4.69, 9.17) is 51.6 Å². The van der Waals surface area contributed by atoms with E-state index in [1.807, 2.05) is 49.4 Å². The Morgan fingerprint density at radius 2 is 1.05 bits per heavy atom. The van der Waals surface area contributed by atoms with Crippen molar-refractivity contribution in [2.45, 2.75) is 58.3 Å². The number of methoxy groups -OCH3 is 3. The quantitative estimate of drug-likeness (QED) is 0.0733. The van der Waals surface area contributed by atoms with Crippen molar-refractivity contribution in [3.63, 3.8) is 0 Å². The van der Waals surface area contributed by atoms with Gasteiger partial charge in [-0.15, -0.1) is 0 Å². The Morgan fingerprint density at radius 1 is 0.545 bits per heavy atom. The summed E-state index contributed by atoms with van der Waals surface area (Å²) < 4.78 is 108. The summed E-state index contributed by atoms with van der Waals surface area (Å²) in [5.74, 6) is 2.25. The van der Waals surface area contributed by atoms with Gasteiger partial charge < -0.3 is 43.1 Å². The Labute approximate surface area is 517 Å². The minimum atomic E-state index is -4.52. The fourth-order valence-electron chi connectivity index (χ4n) is 11.7. The molecule has 6 aliphatic rings. The first-order chi connectivity index (χ1) is 42.1. The van der Waals surface area contributed by atoms with Gasteiger partial charge in [-0.2, -0.15) is 26.3 Å². The summed E-state index contributed by atoms with van der Waals surface area (Å²) in [5, 5.41) is 0.330. The molecule has 0 N–H and O–H groups in total. The van der Waals surface area contributed by atoms with Crippen LogP contribution in [0, 0.1) is 19.8 Å². The lowest BCUT2D eigenvalue weighted by Crippen LogP contribution is -2.36. The highest BCUT2D eigenvalue weighted by molar-refractivity contribution is 6.31. The van der Waals surface area contributed by atoms with Crippen molar-refractivity contribution in [3.8, 4) is 17.2 Å². The van der Waals surface area contributed by atoms with E-state index in [2.05, 4.69) is 26.8 Å². The molecule has 13 nitrogen and oxygen atoms in total. The molecule has 21 heteroatoms. The molecule has 0 spiro atoms. The van der Waals surface area contributed by atoms with Gasteiger partial charge in [0.2, 0.25) is 0 Å². The number of carbonyl (C=O) groups is 4.